The number of hydrogen-bond donors (Lipinski definition) is 1. The number of thiazole rings is 1. The number of aromatic nitrogens is 3. The minimum atomic E-state index is -0.476. The van der Waals surface area contributed by atoms with Crippen molar-refractivity contribution in [2.75, 3.05) is 13.1 Å². The van der Waals surface area contributed by atoms with Crippen LogP contribution in [0.2, 0.25) is 10.0 Å². The average Bonchev–Trinajstić information content (AvgIpc) is 3.55. The Morgan fingerprint density at radius 3 is 2.73 bits per heavy atom. The third-order valence-corrected chi connectivity index (χ3v) is 13.0. The van der Waals surface area contributed by atoms with Crippen LogP contribution in [-0.4, -0.2) is 50.6 Å². The number of aryl methyl sites for hydroxylation is 3. The molecular weight excluding hydrogens is 706 g/mol. The van der Waals surface area contributed by atoms with Gasteiger partial charge in [0.25, 0.3) is 0 Å². The molecule has 5 aromatic rings. The number of ether oxygens (including phenoxy) is 1. The zero-order valence-corrected chi connectivity index (χ0v) is 30.7. The highest BCUT2D eigenvalue weighted by molar-refractivity contribution is 7.09. The molecule has 2 bridgehead atoms. The summed E-state index contributed by atoms with van der Waals surface area (Å²) in [6, 6.07) is 11.9. The molecule has 8 nitrogen and oxygen atoms in total. The highest BCUT2D eigenvalue weighted by atomic mass is 35.5. The molecule has 6 heterocycles. The number of nitrogens with one attached hydrogen (secondary N) is 1. The molecule has 3 saturated heterocycles. The summed E-state index contributed by atoms with van der Waals surface area (Å²) in [5.41, 5.74) is 5.35. The van der Waals surface area contributed by atoms with Crippen molar-refractivity contribution in [2.24, 2.45) is 11.8 Å². The van der Waals surface area contributed by atoms with Crippen molar-refractivity contribution in [2.45, 2.75) is 83.2 Å². The molecular formula is C39H37Cl2FN6O2S. The first-order valence-corrected chi connectivity index (χ1v) is 19.4. The maximum atomic E-state index is 17.2. The Labute approximate surface area is 309 Å². The summed E-state index contributed by atoms with van der Waals surface area (Å²) >= 11 is 14.7. The first kappa shape index (κ1) is 33.3. The van der Waals surface area contributed by atoms with Gasteiger partial charge in [0, 0.05) is 76.6 Å². The second-order valence-electron chi connectivity index (χ2n) is 14.6. The van der Waals surface area contributed by atoms with Gasteiger partial charge in [-0.1, -0.05) is 35.3 Å². The van der Waals surface area contributed by atoms with Gasteiger partial charge in [0.05, 0.1) is 57.1 Å². The van der Waals surface area contributed by atoms with E-state index in [0.29, 0.717) is 64.7 Å². The van der Waals surface area contributed by atoms with E-state index in [0.717, 1.165) is 53.1 Å². The monoisotopic (exact) mass is 742 g/mol. The van der Waals surface area contributed by atoms with Crippen LogP contribution in [0.4, 0.5) is 4.39 Å². The lowest BCUT2D eigenvalue weighted by Crippen LogP contribution is -2.41. The van der Waals surface area contributed by atoms with Crippen molar-refractivity contribution in [1.29, 1.82) is 5.26 Å². The predicted molar refractivity (Wildman–Crippen MR) is 197 cm³/mol. The van der Waals surface area contributed by atoms with E-state index in [2.05, 4.69) is 31.9 Å². The Hall–Kier alpha value is -3.59. The van der Waals surface area contributed by atoms with Crippen LogP contribution >= 0.6 is 34.5 Å². The van der Waals surface area contributed by atoms with Gasteiger partial charge in [0.2, 0.25) is 5.91 Å². The summed E-state index contributed by atoms with van der Waals surface area (Å²) in [6.07, 6.45) is 3.99. The number of likely N-dealkylation sites (tertiary alicyclic amines) is 1. The fourth-order valence-electron chi connectivity index (χ4n) is 8.78. The van der Waals surface area contributed by atoms with E-state index >= 15 is 4.39 Å². The van der Waals surface area contributed by atoms with Crippen molar-refractivity contribution >= 4 is 62.3 Å². The number of fused-ring (bicyclic) bond motifs is 4. The first-order chi connectivity index (χ1) is 24.7. The van der Waals surface area contributed by atoms with E-state index in [1.54, 1.807) is 29.5 Å². The fourth-order valence-corrected chi connectivity index (χ4v) is 9.78. The summed E-state index contributed by atoms with van der Waals surface area (Å²) < 4.78 is 26.0. The van der Waals surface area contributed by atoms with E-state index in [-0.39, 0.29) is 53.0 Å². The van der Waals surface area contributed by atoms with E-state index < -0.39 is 5.82 Å². The van der Waals surface area contributed by atoms with Gasteiger partial charge >= 0.3 is 0 Å². The molecule has 0 spiro atoms. The molecule has 0 unspecified atom stereocenters. The summed E-state index contributed by atoms with van der Waals surface area (Å²) in [7, 11) is 0. The molecule has 3 aliphatic heterocycles. The second-order valence-corrected chi connectivity index (χ2v) is 16.4. The molecule has 12 heteroatoms. The Bertz CT molecular complexity index is 2260. The van der Waals surface area contributed by atoms with Crippen molar-refractivity contribution in [3.8, 4) is 17.2 Å². The van der Waals surface area contributed by atoms with E-state index in [1.165, 1.54) is 0 Å². The summed E-state index contributed by atoms with van der Waals surface area (Å²) in [6.45, 7) is 5.77. The maximum absolute atomic E-state index is 17.2. The standard InChI is InChI=1S/C39H37Cl2FN6O2S/c1-19-27-14-32(31-13-25(16-47(31)39(49)21-8-9-21)50-17-24-18-51-20(2)46-24)48(37-23-12-30(37)44-15-23)38(27)28-11-22(5-4-10-43)33(35(42)36(28)45-19)26-6-3-7-29(40)34(26)41/h3,6-7,11,14,18,21,23,25,30-31,37,44H,4-5,8-9,12-13,15-17H2,1-2H3/t23-,25+,30-,31-,37+/m1/s1. The smallest absolute Gasteiger partial charge is 0.226 e. The Morgan fingerprint density at radius 2 is 2.02 bits per heavy atom. The normalized spacial score (nSPS) is 24.1. The molecule has 10 rings (SSSR count). The zero-order valence-electron chi connectivity index (χ0n) is 28.4. The molecule has 5 atom stereocenters. The van der Waals surface area contributed by atoms with Gasteiger partial charge < -0.3 is 19.5 Å². The van der Waals surface area contributed by atoms with Gasteiger partial charge in [-0.15, -0.1) is 11.3 Å². The SMILES string of the molecule is Cc1nc(CO[C@H]2C[C@H](c3cc4c(C)nc5c(F)c(-c6cccc(Cl)c6Cl)c(CCC#N)cc5c4n3[C@H]3[C@H]4CN[C@@H]3C4)N(C(=O)C3CC3)C2)cs1. The number of pyridine rings is 1. The van der Waals surface area contributed by atoms with E-state index in [4.69, 9.17) is 32.9 Å². The third kappa shape index (κ3) is 5.55. The molecule has 262 valence electrons. The fraction of sp³-hybridized carbons (Fsp3) is 0.436. The van der Waals surface area contributed by atoms with Crippen molar-refractivity contribution in [1.82, 2.24) is 24.8 Å². The number of halogens is 3. The number of nitrogens with zero attached hydrogens (tertiary/aromatic N) is 5. The molecule has 1 amide bonds. The summed E-state index contributed by atoms with van der Waals surface area (Å²) in [5, 5.41) is 18.6. The maximum Gasteiger partial charge on any atom is 0.226 e. The van der Waals surface area contributed by atoms with Gasteiger partial charge in [-0.25, -0.2) is 14.4 Å². The summed E-state index contributed by atoms with van der Waals surface area (Å²) in [5.74, 6) is 0.198. The van der Waals surface area contributed by atoms with Crippen LogP contribution in [0, 0.1) is 42.8 Å². The molecule has 2 saturated carbocycles. The average molecular weight is 744 g/mol. The molecule has 2 aromatic carbocycles. The molecule has 5 fully saturated rings. The quantitative estimate of drug-likeness (QED) is 0.163. The number of amides is 1. The number of carbonyl (C=O) groups is 1. The van der Waals surface area contributed by atoms with Gasteiger partial charge in [0.1, 0.15) is 5.52 Å². The van der Waals surface area contributed by atoms with Crippen LogP contribution in [-0.2, 0) is 22.6 Å². The van der Waals surface area contributed by atoms with Crippen LogP contribution in [0.3, 0.4) is 0 Å². The number of hydrogen-bond acceptors (Lipinski definition) is 7. The van der Waals surface area contributed by atoms with Crippen molar-refractivity contribution in [3.63, 3.8) is 0 Å². The Morgan fingerprint density at radius 1 is 1.18 bits per heavy atom. The van der Waals surface area contributed by atoms with Gasteiger partial charge in [-0.05, 0) is 69.2 Å². The molecule has 1 N–H and O–H groups in total. The second kappa shape index (κ2) is 12.8. The van der Waals surface area contributed by atoms with Crippen LogP contribution in [0.25, 0.3) is 32.9 Å². The highest BCUT2D eigenvalue weighted by Gasteiger charge is 2.51. The van der Waals surface area contributed by atoms with Crippen molar-refractivity contribution in [3.05, 3.63) is 79.2 Å². The molecule has 3 aromatic heterocycles. The lowest BCUT2D eigenvalue weighted by molar-refractivity contribution is -0.134. The third-order valence-electron chi connectivity index (χ3n) is 11.4. The minimum Gasteiger partial charge on any atom is -0.370 e. The molecule has 2 aliphatic carbocycles. The minimum absolute atomic E-state index is 0.0598. The van der Waals surface area contributed by atoms with Crippen LogP contribution in [0.5, 0.6) is 0 Å². The van der Waals surface area contributed by atoms with E-state index in [9.17, 15) is 10.1 Å². The van der Waals surface area contributed by atoms with E-state index in [1.807, 2.05) is 25.3 Å². The van der Waals surface area contributed by atoms with Crippen LogP contribution in [0.1, 0.15) is 71.8 Å². The topological polar surface area (TPSA) is 96.1 Å². The predicted octanol–water partition coefficient (Wildman–Crippen LogP) is 8.63. The van der Waals surface area contributed by atoms with Gasteiger partial charge in [-0.2, -0.15) is 5.26 Å². The molecule has 51 heavy (non-hydrogen) atoms. The first-order valence-electron chi connectivity index (χ1n) is 17.8. The van der Waals surface area contributed by atoms with Crippen molar-refractivity contribution < 1.29 is 13.9 Å². The number of nitriles is 1. The zero-order chi connectivity index (χ0) is 35.1. The largest absolute Gasteiger partial charge is 0.370 e. The highest BCUT2D eigenvalue weighted by Crippen LogP contribution is 2.51. The Kier molecular flexibility index (Phi) is 8.36. The lowest BCUT2D eigenvalue weighted by atomic mass is 9.79. The van der Waals surface area contributed by atoms with Gasteiger partial charge in [0.15, 0.2) is 5.82 Å². The number of rotatable bonds is 9. The Balaban J connectivity index is 1.23. The molecule has 5 aliphatic rings. The lowest BCUT2D eigenvalue weighted by Gasteiger charge is -2.39. The number of carbonyl (C=O) groups excluding carboxylic acids is 1. The van der Waals surface area contributed by atoms with Gasteiger partial charge in [-0.3, -0.25) is 4.79 Å². The van der Waals surface area contributed by atoms with Crippen LogP contribution < -0.4 is 5.32 Å². The van der Waals surface area contributed by atoms with Crippen LogP contribution in [0.15, 0.2) is 35.7 Å². The molecule has 0 radical (unpaired) electrons. The number of benzene rings is 2. The summed E-state index contributed by atoms with van der Waals surface area (Å²) in [4.78, 5) is 25.5.